The first-order valence-electron chi connectivity index (χ1n) is 4.28. The molecule has 0 atom stereocenters. The molecular weight excluding hydrogens is 214 g/mol. The van der Waals surface area contributed by atoms with Gasteiger partial charge in [0.2, 0.25) is 5.91 Å². The third-order valence-electron chi connectivity index (χ3n) is 1.67. The highest BCUT2D eigenvalue weighted by atomic mass is 32.2. The summed E-state index contributed by atoms with van der Waals surface area (Å²) in [5.74, 6) is -0.0338. The number of nitrogens with two attached hydrogens (primary N) is 1. The Morgan fingerprint density at radius 3 is 2.33 bits per heavy atom. The van der Waals surface area contributed by atoms with Crippen LogP contribution < -0.4 is 5.73 Å². The highest BCUT2D eigenvalue weighted by Gasteiger charge is 2.06. The molecule has 0 saturated carbocycles. The number of hydrogen-bond donors (Lipinski definition) is 2. The van der Waals surface area contributed by atoms with Gasteiger partial charge in [0.25, 0.3) is 0 Å². The molecule has 80 valence electrons. The van der Waals surface area contributed by atoms with Crippen LogP contribution in [0.4, 0.5) is 0 Å². The second-order valence-electron chi connectivity index (χ2n) is 2.93. The molecule has 0 bridgehead atoms. The molecule has 1 aromatic carbocycles. The topological polar surface area (TPSA) is 80.4 Å². The summed E-state index contributed by atoms with van der Waals surface area (Å²) in [5, 5.41) is 9.01. The van der Waals surface area contributed by atoms with Crippen LogP contribution in [0, 0.1) is 0 Å². The first kappa shape index (κ1) is 11.6. The number of ketones is 1. The van der Waals surface area contributed by atoms with Crippen molar-refractivity contribution in [2.24, 2.45) is 5.73 Å². The van der Waals surface area contributed by atoms with Gasteiger partial charge in [0, 0.05) is 5.56 Å². The van der Waals surface area contributed by atoms with Gasteiger partial charge < -0.3 is 10.8 Å². The summed E-state index contributed by atoms with van der Waals surface area (Å²) in [6.45, 7) is 0. The average molecular weight is 225 g/mol. The predicted molar refractivity (Wildman–Crippen MR) is 59.0 cm³/mol. The lowest BCUT2D eigenvalue weighted by Crippen LogP contribution is -2.14. The summed E-state index contributed by atoms with van der Waals surface area (Å²) in [6, 6.07) is 5.99. The smallest absolute Gasteiger partial charge is 0.227 e. The Hall–Kier alpha value is -1.49. The van der Waals surface area contributed by atoms with E-state index in [9.17, 15) is 9.59 Å². The maximum Gasteiger partial charge on any atom is 0.227 e. The van der Waals surface area contributed by atoms with Crippen LogP contribution in [0.3, 0.4) is 0 Å². The van der Waals surface area contributed by atoms with Gasteiger partial charge in [-0.05, 0) is 24.3 Å². The number of benzene rings is 1. The van der Waals surface area contributed by atoms with Crippen LogP contribution in [-0.4, -0.2) is 28.3 Å². The van der Waals surface area contributed by atoms with E-state index in [4.69, 9.17) is 10.8 Å². The van der Waals surface area contributed by atoms with Crippen LogP contribution in [0.1, 0.15) is 10.4 Å². The lowest BCUT2D eigenvalue weighted by atomic mass is 10.1. The largest absolute Gasteiger partial charge is 0.508 e. The van der Waals surface area contributed by atoms with Crippen molar-refractivity contribution in [1.82, 2.24) is 0 Å². The second kappa shape index (κ2) is 5.41. The molecule has 0 aromatic heterocycles. The SMILES string of the molecule is NC(=O)CSCC(=O)c1ccc(O)cc1. The molecule has 0 unspecified atom stereocenters. The minimum atomic E-state index is -0.432. The van der Waals surface area contributed by atoms with E-state index in [1.54, 1.807) is 12.1 Å². The zero-order valence-electron chi connectivity index (χ0n) is 7.97. The quantitative estimate of drug-likeness (QED) is 0.726. The Bertz CT molecular complexity index is 361. The molecule has 1 rings (SSSR count). The Kier molecular flexibility index (Phi) is 4.17. The molecule has 0 spiro atoms. The molecular formula is C10H11NO3S. The summed E-state index contributed by atoms with van der Waals surface area (Å²) in [7, 11) is 0. The van der Waals surface area contributed by atoms with Gasteiger partial charge in [0.1, 0.15) is 5.75 Å². The lowest BCUT2D eigenvalue weighted by molar-refractivity contribution is -0.115. The predicted octanol–water partition coefficient (Wildman–Crippen LogP) is 0.793. The van der Waals surface area contributed by atoms with E-state index in [0.29, 0.717) is 5.56 Å². The number of thioether (sulfide) groups is 1. The molecule has 0 aliphatic heterocycles. The molecule has 3 N–H and O–H groups in total. The first-order valence-corrected chi connectivity index (χ1v) is 5.43. The number of aromatic hydroxyl groups is 1. The maximum absolute atomic E-state index is 11.5. The third kappa shape index (κ3) is 4.03. The average Bonchev–Trinajstić information content (AvgIpc) is 2.18. The monoisotopic (exact) mass is 225 g/mol. The van der Waals surface area contributed by atoms with Gasteiger partial charge in [-0.15, -0.1) is 11.8 Å². The Labute approximate surface area is 91.5 Å². The normalized spacial score (nSPS) is 9.87. The zero-order chi connectivity index (χ0) is 11.3. The summed E-state index contributed by atoms with van der Waals surface area (Å²) in [4.78, 5) is 21.9. The molecule has 1 amide bonds. The number of hydrogen-bond acceptors (Lipinski definition) is 4. The number of Topliss-reactive ketones (excluding diaryl/α,β-unsaturated/α-hetero) is 1. The lowest BCUT2D eigenvalue weighted by Gasteiger charge is -2.00. The van der Waals surface area contributed by atoms with Gasteiger partial charge in [0.15, 0.2) is 5.78 Å². The van der Waals surface area contributed by atoms with Crippen molar-refractivity contribution in [3.63, 3.8) is 0 Å². The van der Waals surface area contributed by atoms with Crippen molar-refractivity contribution in [1.29, 1.82) is 0 Å². The molecule has 0 saturated heterocycles. The molecule has 0 heterocycles. The molecule has 4 nitrogen and oxygen atoms in total. The maximum atomic E-state index is 11.5. The molecule has 5 heteroatoms. The fourth-order valence-electron chi connectivity index (χ4n) is 0.975. The Balaban J connectivity index is 2.47. The minimum absolute atomic E-state index is 0.0822. The van der Waals surface area contributed by atoms with Crippen molar-refractivity contribution in [3.8, 4) is 5.75 Å². The number of primary amides is 1. The fraction of sp³-hybridized carbons (Fsp3) is 0.200. The van der Waals surface area contributed by atoms with Gasteiger partial charge in [-0.3, -0.25) is 9.59 Å². The van der Waals surface area contributed by atoms with Crippen LogP contribution in [0.15, 0.2) is 24.3 Å². The van der Waals surface area contributed by atoms with Gasteiger partial charge >= 0.3 is 0 Å². The van der Waals surface area contributed by atoms with Gasteiger partial charge in [-0.2, -0.15) is 0 Å². The molecule has 0 fully saturated rings. The first-order chi connectivity index (χ1) is 7.09. The van der Waals surface area contributed by atoms with E-state index in [2.05, 4.69) is 0 Å². The fourth-order valence-corrected chi connectivity index (χ4v) is 1.63. The third-order valence-corrected chi connectivity index (χ3v) is 2.62. The Morgan fingerprint density at radius 2 is 1.80 bits per heavy atom. The van der Waals surface area contributed by atoms with Crippen LogP contribution in [0.25, 0.3) is 0 Å². The molecule has 0 aliphatic carbocycles. The van der Waals surface area contributed by atoms with Gasteiger partial charge in [0.05, 0.1) is 11.5 Å². The zero-order valence-corrected chi connectivity index (χ0v) is 8.79. The molecule has 15 heavy (non-hydrogen) atoms. The van der Waals surface area contributed by atoms with Crippen LogP contribution in [0.2, 0.25) is 0 Å². The van der Waals surface area contributed by atoms with E-state index in [1.807, 2.05) is 0 Å². The molecule has 0 aliphatic rings. The van der Waals surface area contributed by atoms with Crippen LogP contribution in [-0.2, 0) is 4.79 Å². The summed E-state index contributed by atoms with van der Waals surface area (Å²) in [6.07, 6.45) is 0. The summed E-state index contributed by atoms with van der Waals surface area (Å²) in [5.41, 5.74) is 5.45. The van der Waals surface area contributed by atoms with Crippen LogP contribution in [0.5, 0.6) is 5.75 Å². The van der Waals surface area contributed by atoms with Crippen molar-refractivity contribution in [2.45, 2.75) is 0 Å². The number of rotatable bonds is 5. The van der Waals surface area contributed by atoms with E-state index < -0.39 is 5.91 Å². The number of phenols is 1. The van der Waals surface area contributed by atoms with Gasteiger partial charge in [-0.1, -0.05) is 0 Å². The number of phenolic OH excluding ortho intramolecular Hbond substituents is 1. The van der Waals surface area contributed by atoms with E-state index in [0.717, 1.165) is 0 Å². The standard InChI is InChI=1S/C10H11NO3S/c11-10(14)6-15-5-9(13)7-1-3-8(12)4-2-7/h1-4,12H,5-6H2,(H2,11,14). The van der Waals surface area contributed by atoms with Crippen molar-refractivity contribution >= 4 is 23.5 Å². The Morgan fingerprint density at radius 1 is 1.20 bits per heavy atom. The van der Waals surface area contributed by atoms with Crippen molar-refractivity contribution < 1.29 is 14.7 Å². The number of carbonyl (C=O) groups is 2. The summed E-state index contributed by atoms with van der Waals surface area (Å²) >= 11 is 1.18. The van der Waals surface area contributed by atoms with Crippen molar-refractivity contribution in [2.75, 3.05) is 11.5 Å². The number of carbonyl (C=O) groups excluding carboxylic acids is 2. The van der Waals surface area contributed by atoms with E-state index in [1.165, 1.54) is 23.9 Å². The molecule has 1 aromatic rings. The van der Waals surface area contributed by atoms with E-state index in [-0.39, 0.29) is 23.0 Å². The van der Waals surface area contributed by atoms with E-state index >= 15 is 0 Å². The summed E-state index contributed by atoms with van der Waals surface area (Å²) < 4.78 is 0. The second-order valence-corrected chi connectivity index (χ2v) is 3.91. The van der Waals surface area contributed by atoms with Crippen molar-refractivity contribution in [3.05, 3.63) is 29.8 Å². The highest BCUT2D eigenvalue weighted by molar-refractivity contribution is 8.00. The van der Waals surface area contributed by atoms with Gasteiger partial charge in [-0.25, -0.2) is 0 Å². The van der Waals surface area contributed by atoms with Crippen LogP contribution >= 0.6 is 11.8 Å². The minimum Gasteiger partial charge on any atom is -0.508 e. The number of amides is 1. The highest BCUT2D eigenvalue weighted by Crippen LogP contribution is 2.12. The molecule has 0 radical (unpaired) electrons.